The Morgan fingerprint density at radius 2 is 2.06 bits per heavy atom. The lowest BCUT2D eigenvalue weighted by atomic mass is 9.93. The fourth-order valence-corrected chi connectivity index (χ4v) is 3.07. The van der Waals surface area contributed by atoms with Gasteiger partial charge in [0.15, 0.2) is 5.78 Å². The zero-order valence-corrected chi connectivity index (χ0v) is 10.2. The van der Waals surface area contributed by atoms with Gasteiger partial charge in [-0.15, -0.1) is 0 Å². The van der Waals surface area contributed by atoms with Crippen LogP contribution in [0.4, 0.5) is 0 Å². The highest BCUT2D eigenvalue weighted by Crippen LogP contribution is 2.54. The van der Waals surface area contributed by atoms with Gasteiger partial charge in [0.1, 0.15) is 5.75 Å². The van der Waals surface area contributed by atoms with Crippen molar-refractivity contribution in [1.82, 2.24) is 0 Å². The van der Waals surface area contributed by atoms with E-state index in [4.69, 9.17) is 4.74 Å². The normalized spacial score (nSPS) is 29.8. The van der Waals surface area contributed by atoms with Gasteiger partial charge in [-0.05, 0) is 50.2 Å². The molecule has 0 bridgehead atoms. The first-order chi connectivity index (χ1) is 8.28. The summed E-state index contributed by atoms with van der Waals surface area (Å²) in [7, 11) is 0. The molecule has 0 radical (unpaired) electrons. The molecule has 0 N–H and O–H groups in total. The number of rotatable bonds is 4. The van der Waals surface area contributed by atoms with E-state index >= 15 is 0 Å². The summed E-state index contributed by atoms with van der Waals surface area (Å²) in [5, 5.41) is 0. The molecule has 0 saturated heterocycles. The van der Waals surface area contributed by atoms with E-state index in [0.29, 0.717) is 12.4 Å². The highest BCUT2D eigenvalue weighted by Gasteiger charge is 2.47. The van der Waals surface area contributed by atoms with Gasteiger partial charge in [-0.2, -0.15) is 0 Å². The maximum atomic E-state index is 12.3. The minimum absolute atomic E-state index is 0.274. The van der Waals surface area contributed by atoms with Crippen molar-refractivity contribution in [3.8, 4) is 5.75 Å². The molecule has 1 aromatic rings. The van der Waals surface area contributed by atoms with Crippen LogP contribution in [0.5, 0.6) is 5.75 Å². The summed E-state index contributed by atoms with van der Waals surface area (Å²) in [4.78, 5) is 12.3. The van der Waals surface area contributed by atoms with Crippen LogP contribution in [0, 0.1) is 17.8 Å². The Labute approximate surface area is 102 Å². The van der Waals surface area contributed by atoms with Gasteiger partial charge in [-0.3, -0.25) is 4.79 Å². The molecule has 0 aromatic heterocycles. The zero-order valence-electron chi connectivity index (χ0n) is 10.2. The van der Waals surface area contributed by atoms with Crippen molar-refractivity contribution in [3.05, 3.63) is 29.8 Å². The highest BCUT2D eigenvalue weighted by molar-refractivity contribution is 5.98. The minimum Gasteiger partial charge on any atom is -0.494 e. The number of benzene rings is 1. The molecule has 3 rings (SSSR count). The SMILES string of the molecule is CCOc1cccc(C(=O)C2CC3CC3C2)c1. The number of Topliss-reactive ketones (excluding diaryl/α,β-unsaturated/α-hetero) is 1. The molecule has 0 aliphatic heterocycles. The molecule has 2 unspecified atom stereocenters. The molecule has 2 saturated carbocycles. The summed E-state index contributed by atoms with van der Waals surface area (Å²) in [6.07, 6.45) is 3.59. The molecule has 2 aliphatic carbocycles. The van der Waals surface area contributed by atoms with E-state index in [-0.39, 0.29) is 5.92 Å². The van der Waals surface area contributed by atoms with Gasteiger partial charge in [0.05, 0.1) is 6.61 Å². The van der Waals surface area contributed by atoms with Crippen LogP contribution >= 0.6 is 0 Å². The molecule has 17 heavy (non-hydrogen) atoms. The van der Waals surface area contributed by atoms with E-state index in [1.165, 1.54) is 6.42 Å². The van der Waals surface area contributed by atoms with Crippen LogP contribution in [-0.4, -0.2) is 12.4 Å². The van der Waals surface area contributed by atoms with Crippen molar-refractivity contribution in [1.29, 1.82) is 0 Å². The van der Waals surface area contributed by atoms with Crippen LogP contribution in [0.15, 0.2) is 24.3 Å². The molecule has 1 aromatic carbocycles. The van der Waals surface area contributed by atoms with E-state index in [2.05, 4.69) is 0 Å². The topological polar surface area (TPSA) is 26.3 Å². The van der Waals surface area contributed by atoms with Gasteiger partial charge in [0.25, 0.3) is 0 Å². The molecule has 2 aliphatic rings. The monoisotopic (exact) mass is 230 g/mol. The molecule has 2 nitrogen and oxygen atoms in total. The van der Waals surface area contributed by atoms with Crippen LogP contribution in [0.25, 0.3) is 0 Å². The average molecular weight is 230 g/mol. The fraction of sp³-hybridized carbons (Fsp3) is 0.533. The first-order valence-corrected chi connectivity index (χ1v) is 6.55. The van der Waals surface area contributed by atoms with Crippen molar-refractivity contribution in [2.45, 2.75) is 26.2 Å². The Hall–Kier alpha value is -1.31. The van der Waals surface area contributed by atoms with Gasteiger partial charge in [0, 0.05) is 11.5 Å². The fourth-order valence-electron chi connectivity index (χ4n) is 3.07. The number of carbonyl (C=O) groups excluding carboxylic acids is 1. The van der Waals surface area contributed by atoms with Crippen molar-refractivity contribution in [2.24, 2.45) is 17.8 Å². The Balaban J connectivity index is 1.74. The van der Waals surface area contributed by atoms with Crippen LogP contribution < -0.4 is 4.74 Å². The smallest absolute Gasteiger partial charge is 0.166 e. The van der Waals surface area contributed by atoms with E-state index in [1.54, 1.807) is 0 Å². The van der Waals surface area contributed by atoms with Crippen LogP contribution in [-0.2, 0) is 0 Å². The van der Waals surface area contributed by atoms with Crippen LogP contribution in [0.1, 0.15) is 36.5 Å². The lowest BCUT2D eigenvalue weighted by Crippen LogP contribution is -2.13. The van der Waals surface area contributed by atoms with E-state index in [9.17, 15) is 4.79 Å². The number of carbonyl (C=O) groups is 1. The second-order valence-corrected chi connectivity index (χ2v) is 5.25. The summed E-state index contributed by atoms with van der Waals surface area (Å²) in [5.74, 6) is 3.12. The van der Waals surface area contributed by atoms with Crippen molar-refractivity contribution in [2.75, 3.05) is 6.61 Å². The van der Waals surface area contributed by atoms with Gasteiger partial charge in [0.2, 0.25) is 0 Å². The summed E-state index contributed by atoms with van der Waals surface area (Å²) in [5.41, 5.74) is 0.822. The quantitative estimate of drug-likeness (QED) is 0.742. The second kappa shape index (κ2) is 4.17. The summed E-state index contributed by atoms with van der Waals surface area (Å²) in [6, 6.07) is 7.62. The molecule has 2 atom stereocenters. The molecule has 0 amide bonds. The minimum atomic E-state index is 0.274. The van der Waals surface area contributed by atoms with Gasteiger partial charge >= 0.3 is 0 Å². The molecule has 0 heterocycles. The van der Waals surface area contributed by atoms with Crippen molar-refractivity contribution < 1.29 is 9.53 Å². The Kier molecular flexibility index (Phi) is 2.65. The van der Waals surface area contributed by atoms with Crippen LogP contribution in [0.3, 0.4) is 0 Å². The standard InChI is InChI=1S/C15H18O2/c1-2-17-14-5-3-4-10(9-14)15(16)13-7-11-6-12(11)8-13/h3-5,9,11-13H,2,6-8H2,1H3. The summed E-state index contributed by atoms with van der Waals surface area (Å²) in [6.45, 7) is 2.60. The van der Waals surface area contributed by atoms with Gasteiger partial charge < -0.3 is 4.74 Å². The first-order valence-electron chi connectivity index (χ1n) is 6.55. The first kappa shape index (κ1) is 10.8. The highest BCUT2D eigenvalue weighted by atomic mass is 16.5. The number of fused-ring (bicyclic) bond motifs is 1. The Bertz CT molecular complexity index is 428. The molecular weight excluding hydrogens is 212 g/mol. The summed E-state index contributed by atoms with van der Waals surface area (Å²) < 4.78 is 5.44. The predicted molar refractivity (Wildman–Crippen MR) is 66.3 cm³/mol. The average Bonchev–Trinajstić information content (AvgIpc) is 2.96. The zero-order chi connectivity index (χ0) is 11.8. The Morgan fingerprint density at radius 1 is 1.29 bits per heavy atom. The number of ether oxygens (including phenoxy) is 1. The molecule has 2 heteroatoms. The van der Waals surface area contributed by atoms with Crippen molar-refractivity contribution >= 4 is 5.78 Å². The lowest BCUT2D eigenvalue weighted by Gasteiger charge is -2.11. The van der Waals surface area contributed by atoms with Crippen LogP contribution in [0.2, 0.25) is 0 Å². The van der Waals surface area contributed by atoms with E-state index < -0.39 is 0 Å². The Morgan fingerprint density at radius 3 is 2.76 bits per heavy atom. The maximum absolute atomic E-state index is 12.3. The van der Waals surface area contributed by atoms with Crippen molar-refractivity contribution in [3.63, 3.8) is 0 Å². The van der Waals surface area contributed by atoms with Gasteiger partial charge in [-0.25, -0.2) is 0 Å². The third-order valence-corrected chi connectivity index (χ3v) is 4.04. The number of hydrogen-bond acceptors (Lipinski definition) is 2. The molecule has 0 spiro atoms. The van der Waals surface area contributed by atoms with E-state index in [0.717, 1.165) is 36.0 Å². The van der Waals surface area contributed by atoms with Gasteiger partial charge in [-0.1, -0.05) is 12.1 Å². The third-order valence-electron chi connectivity index (χ3n) is 4.04. The summed E-state index contributed by atoms with van der Waals surface area (Å²) >= 11 is 0. The largest absolute Gasteiger partial charge is 0.494 e. The molecule has 2 fully saturated rings. The third kappa shape index (κ3) is 2.08. The van der Waals surface area contributed by atoms with E-state index in [1.807, 2.05) is 31.2 Å². The molecular formula is C15H18O2. The number of ketones is 1. The molecule has 90 valence electrons. The number of hydrogen-bond donors (Lipinski definition) is 0. The maximum Gasteiger partial charge on any atom is 0.166 e. The predicted octanol–water partition coefficient (Wildman–Crippen LogP) is 3.31. The lowest BCUT2D eigenvalue weighted by molar-refractivity contribution is 0.0914. The second-order valence-electron chi connectivity index (χ2n) is 5.25.